The maximum absolute atomic E-state index is 12.6. The Bertz CT molecular complexity index is 1100. The van der Waals surface area contributed by atoms with E-state index in [2.05, 4.69) is 68.5 Å². The number of hydrogen-bond acceptors (Lipinski definition) is 8. The molecule has 0 aromatic carbocycles. The average Bonchev–Trinajstić information content (AvgIpc) is 3.15. The summed E-state index contributed by atoms with van der Waals surface area (Å²) in [7, 11) is -0.746. The van der Waals surface area contributed by atoms with Crippen molar-refractivity contribution in [2.75, 3.05) is 40.5 Å². The van der Waals surface area contributed by atoms with Gasteiger partial charge in [0.15, 0.2) is 6.10 Å². The molecule has 0 bridgehead atoms. The van der Waals surface area contributed by atoms with Gasteiger partial charge in [-0.05, 0) is 91.1 Å². The summed E-state index contributed by atoms with van der Waals surface area (Å²) in [5, 5.41) is 0. The van der Waals surface area contributed by atoms with Crippen LogP contribution in [0.25, 0.3) is 0 Å². The van der Waals surface area contributed by atoms with E-state index in [1.807, 2.05) is 25.1 Å². The zero-order valence-electron chi connectivity index (χ0n) is 35.3. The van der Waals surface area contributed by atoms with Crippen molar-refractivity contribution in [3.8, 4) is 0 Å². The zero-order chi connectivity index (χ0) is 40.5. The van der Waals surface area contributed by atoms with Crippen molar-refractivity contribution in [2.45, 2.75) is 174 Å². The highest BCUT2D eigenvalue weighted by molar-refractivity contribution is 7.47. The minimum atomic E-state index is -4.38. The van der Waals surface area contributed by atoms with Gasteiger partial charge in [-0.15, -0.1) is 0 Å². The molecule has 318 valence electrons. The van der Waals surface area contributed by atoms with Gasteiger partial charge in [0.1, 0.15) is 6.61 Å². The molecule has 0 aliphatic rings. The summed E-state index contributed by atoms with van der Waals surface area (Å²) >= 11 is 0. The Kier molecular flexibility index (Phi) is 38.3. The molecule has 55 heavy (non-hydrogen) atoms. The van der Waals surface area contributed by atoms with Crippen LogP contribution < -0.4 is 0 Å². The molecule has 2 atom stereocenters. The number of unbranched alkanes of at least 4 members (excludes halogenated alkanes) is 15. The number of phosphoric acid groups is 1. The van der Waals surface area contributed by atoms with E-state index in [9.17, 15) is 19.0 Å². The molecular weight excluding hydrogens is 713 g/mol. The molecule has 0 spiro atoms. The molecule has 0 amide bonds. The monoisotopic (exact) mass is 794 g/mol. The number of allylic oxidation sites excluding steroid dienone is 10. The number of esters is 2. The summed E-state index contributed by atoms with van der Waals surface area (Å²) in [6.07, 6.45) is 45.5. The van der Waals surface area contributed by atoms with Crippen molar-refractivity contribution in [1.29, 1.82) is 0 Å². The third-order valence-electron chi connectivity index (χ3n) is 8.80. The van der Waals surface area contributed by atoms with E-state index in [-0.39, 0.29) is 26.1 Å². The summed E-state index contributed by atoms with van der Waals surface area (Å²) in [5.41, 5.74) is 0. The molecule has 1 N–H and O–H groups in total. The number of likely N-dealkylation sites (N-methyl/N-ethyl adjacent to an activating group) is 1. The van der Waals surface area contributed by atoms with E-state index in [4.69, 9.17) is 18.5 Å². The van der Waals surface area contributed by atoms with Gasteiger partial charge in [0.05, 0.1) is 13.2 Å². The maximum Gasteiger partial charge on any atom is 0.472 e. The van der Waals surface area contributed by atoms with E-state index >= 15 is 0 Å². The van der Waals surface area contributed by atoms with Gasteiger partial charge in [-0.2, -0.15) is 0 Å². The van der Waals surface area contributed by atoms with Gasteiger partial charge in [-0.3, -0.25) is 18.6 Å². The molecule has 9 nitrogen and oxygen atoms in total. The van der Waals surface area contributed by atoms with Crippen LogP contribution in [0.4, 0.5) is 0 Å². The van der Waals surface area contributed by atoms with Crippen molar-refractivity contribution in [1.82, 2.24) is 4.90 Å². The van der Waals surface area contributed by atoms with Crippen LogP contribution in [0, 0.1) is 0 Å². The number of carbonyl (C=O) groups excluding carboxylic acids is 2. The molecule has 0 heterocycles. The first-order chi connectivity index (χ1) is 26.7. The predicted molar refractivity (Wildman–Crippen MR) is 229 cm³/mol. The van der Waals surface area contributed by atoms with Gasteiger partial charge in [0.25, 0.3) is 0 Å². The van der Waals surface area contributed by atoms with Crippen molar-refractivity contribution in [2.24, 2.45) is 0 Å². The summed E-state index contributed by atoms with van der Waals surface area (Å²) in [6.45, 7) is 4.20. The quantitative estimate of drug-likeness (QED) is 0.0281. The SMILES string of the molecule is CCCCC/C=C\C/C=C\C/C=C\C/C=C\CCCC(=O)OC(COC(=O)CCCCCCCCC/C=C\CCCCCC)COP(=O)(O)OCCN(C)C. The largest absolute Gasteiger partial charge is 0.472 e. The van der Waals surface area contributed by atoms with Gasteiger partial charge in [0, 0.05) is 19.4 Å². The Morgan fingerprint density at radius 1 is 0.564 bits per heavy atom. The molecule has 0 fully saturated rings. The number of phosphoric ester groups is 1. The third-order valence-corrected chi connectivity index (χ3v) is 9.78. The Balaban J connectivity index is 4.41. The van der Waals surface area contributed by atoms with Crippen molar-refractivity contribution >= 4 is 19.8 Å². The molecule has 0 saturated carbocycles. The molecule has 0 aromatic heterocycles. The van der Waals surface area contributed by atoms with Crippen molar-refractivity contribution < 1.29 is 37.6 Å². The van der Waals surface area contributed by atoms with Crippen LogP contribution in [-0.2, 0) is 32.7 Å². The van der Waals surface area contributed by atoms with E-state index in [0.29, 0.717) is 19.4 Å². The molecule has 10 heteroatoms. The van der Waals surface area contributed by atoms with Crippen LogP contribution >= 0.6 is 7.82 Å². The lowest BCUT2D eigenvalue weighted by Crippen LogP contribution is -2.29. The highest BCUT2D eigenvalue weighted by atomic mass is 31.2. The van der Waals surface area contributed by atoms with E-state index in [1.54, 1.807) is 0 Å². The number of rotatable bonds is 39. The Morgan fingerprint density at radius 2 is 1.00 bits per heavy atom. The summed E-state index contributed by atoms with van der Waals surface area (Å²) in [5.74, 6) is -0.877. The fourth-order valence-corrected chi connectivity index (χ4v) is 6.18. The van der Waals surface area contributed by atoms with Gasteiger partial charge >= 0.3 is 19.8 Å². The van der Waals surface area contributed by atoms with E-state index in [1.165, 1.54) is 77.0 Å². The van der Waals surface area contributed by atoms with Crippen LogP contribution in [0.15, 0.2) is 60.8 Å². The minimum absolute atomic E-state index is 0.00566. The summed E-state index contributed by atoms with van der Waals surface area (Å²) in [6, 6.07) is 0. The molecule has 0 saturated heterocycles. The average molecular weight is 794 g/mol. The second-order valence-corrected chi connectivity index (χ2v) is 16.0. The Morgan fingerprint density at radius 3 is 1.56 bits per heavy atom. The van der Waals surface area contributed by atoms with Crippen molar-refractivity contribution in [3.63, 3.8) is 0 Å². The smallest absolute Gasteiger partial charge is 0.462 e. The number of hydrogen-bond donors (Lipinski definition) is 1. The van der Waals surface area contributed by atoms with Gasteiger partial charge < -0.3 is 19.3 Å². The van der Waals surface area contributed by atoms with Crippen LogP contribution in [0.3, 0.4) is 0 Å². The lowest BCUT2D eigenvalue weighted by Gasteiger charge is -2.20. The normalized spacial score (nSPS) is 14.0. The van der Waals surface area contributed by atoms with Crippen LogP contribution in [0.5, 0.6) is 0 Å². The molecule has 2 unspecified atom stereocenters. The van der Waals surface area contributed by atoms with Crippen molar-refractivity contribution in [3.05, 3.63) is 60.8 Å². The van der Waals surface area contributed by atoms with E-state index < -0.39 is 32.5 Å². The fraction of sp³-hybridized carbons (Fsp3) is 0.733. The fourth-order valence-electron chi connectivity index (χ4n) is 5.44. The lowest BCUT2D eigenvalue weighted by molar-refractivity contribution is -0.161. The Hall–Kier alpha value is -2.29. The molecular formula is C45H80NO8P. The standard InChI is InChI=1S/C45H80NO8P/c1-5-7-9-11-13-15-17-19-21-22-24-26-28-30-32-34-36-38-45(48)54-43(42-53-55(49,50)52-40-39-46(3)4)41-51-44(47)37-35-33-31-29-27-25-23-20-18-16-14-12-10-8-6-2/h13,15-16,18-19,21,24,26,30,32,43H,5-12,14,17,20,22-23,25,27-29,31,33-42H2,1-4H3,(H,49,50)/b15-13-,18-16-,21-19-,26-24-,32-30-. The van der Waals surface area contributed by atoms with E-state index in [0.717, 1.165) is 51.4 Å². The molecule has 0 aliphatic carbocycles. The Labute approximate surface area is 336 Å². The van der Waals surface area contributed by atoms with Gasteiger partial charge in [-0.1, -0.05) is 139 Å². The second-order valence-electron chi connectivity index (χ2n) is 14.5. The van der Waals surface area contributed by atoms with Crippen LogP contribution in [-0.4, -0.2) is 68.3 Å². The first-order valence-electron chi connectivity index (χ1n) is 21.6. The molecule has 0 aromatic rings. The van der Waals surface area contributed by atoms with Gasteiger partial charge in [-0.25, -0.2) is 4.57 Å². The maximum atomic E-state index is 12.6. The number of ether oxygens (including phenoxy) is 2. The zero-order valence-corrected chi connectivity index (χ0v) is 36.2. The topological polar surface area (TPSA) is 112 Å². The van der Waals surface area contributed by atoms with Crippen LogP contribution in [0.1, 0.15) is 168 Å². The highest BCUT2D eigenvalue weighted by Gasteiger charge is 2.26. The summed E-state index contributed by atoms with van der Waals surface area (Å²) in [4.78, 5) is 37.0. The minimum Gasteiger partial charge on any atom is -0.462 e. The van der Waals surface area contributed by atoms with Crippen LogP contribution in [0.2, 0.25) is 0 Å². The molecule has 0 radical (unpaired) electrons. The second kappa shape index (κ2) is 39.9. The first-order valence-corrected chi connectivity index (χ1v) is 23.1. The number of nitrogens with zero attached hydrogens (tertiary/aromatic N) is 1. The summed E-state index contributed by atoms with van der Waals surface area (Å²) < 4.78 is 33.4. The third kappa shape index (κ3) is 41.2. The highest BCUT2D eigenvalue weighted by Crippen LogP contribution is 2.43. The first kappa shape index (κ1) is 52.7. The lowest BCUT2D eigenvalue weighted by atomic mass is 10.1. The van der Waals surface area contributed by atoms with Gasteiger partial charge in [0.2, 0.25) is 0 Å². The predicted octanol–water partition coefficient (Wildman–Crippen LogP) is 12.3. The number of carbonyl (C=O) groups is 2. The molecule has 0 aliphatic heterocycles. The molecule has 0 rings (SSSR count).